The molecular weight excluding hydrogens is 256 g/mol. The molecule has 2 fully saturated rings. The summed E-state index contributed by atoms with van der Waals surface area (Å²) in [4.78, 5) is 17.1. The van der Waals surface area contributed by atoms with Crippen LogP contribution in [0.4, 0.5) is 4.79 Å². The van der Waals surface area contributed by atoms with Crippen LogP contribution in [-0.4, -0.2) is 78.3 Å². The topological polar surface area (TPSA) is 70.8 Å². The second-order valence-electron chi connectivity index (χ2n) is 5.79. The Morgan fingerprint density at radius 1 is 1.20 bits per heavy atom. The second kappa shape index (κ2) is 7.46. The maximum atomic E-state index is 10.9. The smallest absolute Gasteiger partial charge is 0.407 e. The molecular formula is C14H24N4O2. The number of amides is 1. The molecule has 0 saturated carbocycles. The Morgan fingerprint density at radius 2 is 1.95 bits per heavy atom. The molecule has 0 aromatic heterocycles. The van der Waals surface area contributed by atoms with E-state index in [4.69, 9.17) is 10.4 Å². The first kappa shape index (κ1) is 15.1. The van der Waals surface area contributed by atoms with Crippen molar-refractivity contribution in [2.75, 3.05) is 52.4 Å². The largest absolute Gasteiger partial charge is 0.465 e. The van der Waals surface area contributed by atoms with Gasteiger partial charge >= 0.3 is 6.09 Å². The molecule has 2 aliphatic rings. The summed E-state index contributed by atoms with van der Waals surface area (Å²) in [6, 6.07) is 2.21. The summed E-state index contributed by atoms with van der Waals surface area (Å²) in [6.07, 6.45) is 2.28. The van der Waals surface area contributed by atoms with Crippen molar-refractivity contribution >= 4 is 6.09 Å². The van der Waals surface area contributed by atoms with E-state index in [1.54, 1.807) is 0 Å². The predicted octanol–water partition coefficient (Wildman–Crippen LogP) is 0.908. The highest BCUT2D eigenvalue weighted by Crippen LogP contribution is 2.18. The van der Waals surface area contributed by atoms with Crippen LogP contribution in [0.15, 0.2) is 0 Å². The molecule has 0 bridgehead atoms. The van der Waals surface area contributed by atoms with Crippen molar-refractivity contribution in [3.05, 3.63) is 0 Å². The molecule has 0 aromatic carbocycles. The third-order valence-electron chi connectivity index (χ3n) is 4.30. The average Bonchev–Trinajstić information content (AvgIpc) is 2.46. The van der Waals surface area contributed by atoms with Crippen molar-refractivity contribution in [1.29, 1.82) is 5.26 Å². The zero-order valence-electron chi connectivity index (χ0n) is 12.0. The Morgan fingerprint density at radius 3 is 2.60 bits per heavy atom. The van der Waals surface area contributed by atoms with Gasteiger partial charge in [-0.1, -0.05) is 0 Å². The summed E-state index contributed by atoms with van der Waals surface area (Å²) in [6.45, 7) is 7.10. The molecule has 0 aromatic rings. The van der Waals surface area contributed by atoms with Crippen LogP contribution < -0.4 is 0 Å². The van der Waals surface area contributed by atoms with Gasteiger partial charge in [0.25, 0.3) is 0 Å². The first-order chi connectivity index (χ1) is 9.69. The van der Waals surface area contributed by atoms with E-state index >= 15 is 0 Å². The molecule has 2 heterocycles. The maximum absolute atomic E-state index is 10.9. The molecule has 1 atom stereocenters. The lowest BCUT2D eigenvalue weighted by molar-refractivity contribution is 0.0832. The first-order valence-corrected chi connectivity index (χ1v) is 7.48. The zero-order chi connectivity index (χ0) is 14.4. The average molecular weight is 280 g/mol. The van der Waals surface area contributed by atoms with Crippen molar-refractivity contribution in [3.63, 3.8) is 0 Å². The van der Waals surface area contributed by atoms with Gasteiger partial charge in [-0.25, -0.2) is 4.79 Å². The minimum Gasteiger partial charge on any atom is -0.465 e. The Kier molecular flexibility index (Phi) is 5.62. The predicted molar refractivity (Wildman–Crippen MR) is 75.4 cm³/mol. The molecule has 6 heteroatoms. The lowest BCUT2D eigenvalue weighted by Gasteiger charge is -2.38. The van der Waals surface area contributed by atoms with E-state index in [2.05, 4.69) is 15.9 Å². The highest BCUT2D eigenvalue weighted by molar-refractivity contribution is 5.65. The standard InChI is InChI=1S/C14H24N4O2/c15-4-2-6-16-5-1-3-13(11-16)12-17-7-9-18(10-8-17)14(19)20/h13H,1-3,5-12H2,(H,19,20)/t13-/m1/s1. The number of nitrogens with zero attached hydrogens (tertiary/aromatic N) is 4. The fourth-order valence-corrected chi connectivity index (χ4v) is 3.20. The highest BCUT2D eigenvalue weighted by Gasteiger charge is 2.25. The van der Waals surface area contributed by atoms with Gasteiger partial charge in [-0.15, -0.1) is 0 Å². The van der Waals surface area contributed by atoms with E-state index in [-0.39, 0.29) is 0 Å². The molecule has 0 aliphatic carbocycles. The van der Waals surface area contributed by atoms with Gasteiger partial charge in [0.15, 0.2) is 0 Å². The molecule has 0 radical (unpaired) electrons. The molecule has 2 aliphatic heterocycles. The lowest BCUT2D eigenvalue weighted by atomic mass is 9.97. The third kappa shape index (κ3) is 4.36. The van der Waals surface area contributed by atoms with Crippen LogP contribution in [0.5, 0.6) is 0 Å². The molecule has 1 N–H and O–H groups in total. The number of rotatable bonds is 4. The fraction of sp³-hybridized carbons (Fsp3) is 0.857. The van der Waals surface area contributed by atoms with E-state index in [9.17, 15) is 4.79 Å². The summed E-state index contributed by atoms with van der Waals surface area (Å²) < 4.78 is 0. The van der Waals surface area contributed by atoms with Gasteiger partial charge in [0, 0.05) is 52.2 Å². The minimum absolute atomic E-state index is 0.615. The highest BCUT2D eigenvalue weighted by atomic mass is 16.4. The second-order valence-corrected chi connectivity index (χ2v) is 5.79. The van der Waals surface area contributed by atoms with Gasteiger partial charge in [-0.3, -0.25) is 4.90 Å². The van der Waals surface area contributed by atoms with Crippen molar-refractivity contribution in [2.24, 2.45) is 5.92 Å². The molecule has 20 heavy (non-hydrogen) atoms. The van der Waals surface area contributed by atoms with Crippen molar-refractivity contribution < 1.29 is 9.90 Å². The summed E-state index contributed by atoms with van der Waals surface area (Å²) in [7, 11) is 0. The fourth-order valence-electron chi connectivity index (χ4n) is 3.20. The van der Waals surface area contributed by atoms with Crippen LogP contribution >= 0.6 is 0 Å². The SMILES string of the molecule is N#CCCN1CCC[C@@H](CN2CCN(C(=O)O)CC2)C1. The van der Waals surface area contributed by atoms with Crippen LogP contribution in [0.1, 0.15) is 19.3 Å². The van der Waals surface area contributed by atoms with Gasteiger partial charge < -0.3 is 14.9 Å². The Hall–Kier alpha value is -1.32. The van der Waals surface area contributed by atoms with Gasteiger partial charge in [-0.05, 0) is 25.3 Å². The van der Waals surface area contributed by atoms with Crippen LogP contribution in [0.2, 0.25) is 0 Å². The molecule has 0 spiro atoms. The van der Waals surface area contributed by atoms with Gasteiger partial charge in [0.05, 0.1) is 6.07 Å². The monoisotopic (exact) mass is 280 g/mol. The van der Waals surface area contributed by atoms with E-state index in [0.717, 1.165) is 39.3 Å². The van der Waals surface area contributed by atoms with Crippen molar-refractivity contribution in [3.8, 4) is 6.07 Å². The number of nitriles is 1. The number of carboxylic acid groups (broad SMARTS) is 1. The summed E-state index contributed by atoms with van der Waals surface area (Å²) in [5.74, 6) is 0.666. The lowest BCUT2D eigenvalue weighted by Crippen LogP contribution is -2.50. The Bertz CT molecular complexity index is 361. The van der Waals surface area contributed by atoms with E-state index in [1.165, 1.54) is 17.7 Å². The molecule has 2 saturated heterocycles. The first-order valence-electron chi connectivity index (χ1n) is 7.48. The zero-order valence-corrected chi connectivity index (χ0v) is 12.0. The Balaban J connectivity index is 1.71. The third-order valence-corrected chi connectivity index (χ3v) is 4.30. The number of hydrogen-bond acceptors (Lipinski definition) is 4. The normalized spacial score (nSPS) is 25.4. The summed E-state index contributed by atoms with van der Waals surface area (Å²) in [5.41, 5.74) is 0. The number of carbonyl (C=O) groups is 1. The van der Waals surface area contributed by atoms with Crippen LogP contribution in [0.3, 0.4) is 0 Å². The van der Waals surface area contributed by atoms with E-state index < -0.39 is 6.09 Å². The van der Waals surface area contributed by atoms with Gasteiger partial charge in [-0.2, -0.15) is 5.26 Å². The maximum Gasteiger partial charge on any atom is 0.407 e. The summed E-state index contributed by atoms with van der Waals surface area (Å²) in [5, 5.41) is 17.6. The van der Waals surface area contributed by atoms with Crippen LogP contribution in [0, 0.1) is 17.2 Å². The molecule has 112 valence electrons. The van der Waals surface area contributed by atoms with Crippen LogP contribution in [0.25, 0.3) is 0 Å². The molecule has 6 nitrogen and oxygen atoms in total. The number of hydrogen-bond donors (Lipinski definition) is 1. The summed E-state index contributed by atoms with van der Waals surface area (Å²) >= 11 is 0. The number of likely N-dealkylation sites (tertiary alicyclic amines) is 1. The molecule has 1 amide bonds. The van der Waals surface area contributed by atoms with E-state index in [0.29, 0.717) is 25.4 Å². The van der Waals surface area contributed by atoms with Gasteiger partial charge in [0.2, 0.25) is 0 Å². The minimum atomic E-state index is -0.801. The van der Waals surface area contributed by atoms with Crippen molar-refractivity contribution in [2.45, 2.75) is 19.3 Å². The quantitative estimate of drug-likeness (QED) is 0.828. The number of piperidine rings is 1. The molecule has 2 rings (SSSR count). The Labute approximate surface area is 120 Å². The molecule has 0 unspecified atom stereocenters. The number of piperazine rings is 1. The van der Waals surface area contributed by atoms with Gasteiger partial charge in [0.1, 0.15) is 0 Å². The van der Waals surface area contributed by atoms with Crippen LogP contribution in [-0.2, 0) is 0 Å². The van der Waals surface area contributed by atoms with E-state index in [1.807, 2.05) is 0 Å². The van der Waals surface area contributed by atoms with Crippen molar-refractivity contribution in [1.82, 2.24) is 14.7 Å².